The fourth-order valence-corrected chi connectivity index (χ4v) is 4.89. The molecule has 2 aromatic carbocycles. The lowest BCUT2D eigenvalue weighted by molar-refractivity contribution is -0.151. The van der Waals surface area contributed by atoms with Gasteiger partial charge in [0.1, 0.15) is 5.56 Å². The van der Waals surface area contributed by atoms with Crippen LogP contribution in [0.1, 0.15) is 56.6 Å². The van der Waals surface area contributed by atoms with E-state index in [-0.39, 0.29) is 35.5 Å². The molecular weight excluding hydrogens is 441 g/mol. The van der Waals surface area contributed by atoms with E-state index >= 15 is 0 Å². The van der Waals surface area contributed by atoms with E-state index in [1.54, 1.807) is 31.2 Å². The molecule has 0 atom stereocenters. The fraction of sp³-hybridized carbons (Fsp3) is 0.480. The molecule has 0 bridgehead atoms. The Labute approximate surface area is 190 Å². The molecule has 3 nitrogen and oxygen atoms in total. The minimum absolute atomic E-state index is 0.0788. The SMILES string of the molecule is CCOC(=O)C1(c2cc(-c3ccccc3)c(Cl)c(OCC3CC3)c2C(F)(F)F)CCCC1. The van der Waals surface area contributed by atoms with E-state index in [0.717, 1.165) is 12.8 Å². The lowest BCUT2D eigenvalue weighted by atomic mass is 9.75. The Bertz CT molecular complexity index is 978. The highest BCUT2D eigenvalue weighted by Gasteiger charge is 2.51. The van der Waals surface area contributed by atoms with Crippen molar-refractivity contribution in [1.29, 1.82) is 0 Å². The lowest BCUT2D eigenvalue weighted by Gasteiger charge is -2.32. The first-order valence-electron chi connectivity index (χ1n) is 11.1. The predicted octanol–water partition coefficient (Wildman–Crippen LogP) is 7.19. The van der Waals surface area contributed by atoms with E-state index in [9.17, 15) is 18.0 Å². The number of alkyl halides is 3. The molecule has 0 N–H and O–H groups in total. The molecule has 4 rings (SSSR count). The number of esters is 1. The number of rotatable bonds is 7. The molecule has 2 aliphatic carbocycles. The average molecular weight is 467 g/mol. The zero-order valence-electron chi connectivity index (χ0n) is 17.9. The number of carbonyl (C=O) groups excluding carboxylic acids is 1. The van der Waals surface area contributed by atoms with Crippen LogP contribution in [0.2, 0.25) is 5.02 Å². The van der Waals surface area contributed by atoms with Crippen LogP contribution in [0.25, 0.3) is 11.1 Å². The second-order valence-electron chi connectivity index (χ2n) is 8.62. The van der Waals surface area contributed by atoms with Crippen LogP contribution in [-0.4, -0.2) is 19.2 Å². The predicted molar refractivity (Wildman–Crippen MR) is 117 cm³/mol. The van der Waals surface area contributed by atoms with E-state index in [1.165, 1.54) is 6.07 Å². The zero-order chi connectivity index (χ0) is 22.9. The number of hydrogen-bond donors (Lipinski definition) is 0. The molecule has 2 aliphatic rings. The van der Waals surface area contributed by atoms with Gasteiger partial charge in [0.2, 0.25) is 0 Å². The molecule has 7 heteroatoms. The Kier molecular flexibility index (Phi) is 6.44. The molecule has 172 valence electrons. The van der Waals surface area contributed by atoms with Crippen LogP contribution in [0.3, 0.4) is 0 Å². The van der Waals surface area contributed by atoms with Gasteiger partial charge in [0, 0.05) is 5.56 Å². The minimum atomic E-state index is -4.74. The largest absolute Gasteiger partial charge is 0.491 e. The topological polar surface area (TPSA) is 35.5 Å². The lowest BCUT2D eigenvalue weighted by Crippen LogP contribution is -2.37. The van der Waals surface area contributed by atoms with Crippen molar-refractivity contribution in [3.63, 3.8) is 0 Å². The molecule has 0 spiro atoms. The number of benzene rings is 2. The third-order valence-corrected chi connectivity index (χ3v) is 6.76. The maximum absolute atomic E-state index is 14.5. The van der Waals surface area contributed by atoms with Crippen molar-refractivity contribution in [2.75, 3.05) is 13.2 Å². The third-order valence-electron chi connectivity index (χ3n) is 6.39. The minimum Gasteiger partial charge on any atom is -0.491 e. The van der Waals surface area contributed by atoms with E-state index in [2.05, 4.69) is 0 Å². The standard InChI is InChI=1S/C25H26ClF3O3/c1-2-31-23(30)24(12-6-7-13-24)19-14-18(17-8-4-3-5-9-17)21(26)22(20(19)25(27,28)29)32-15-16-10-11-16/h3-5,8-9,14,16H,2,6-7,10-13,15H2,1H3. The van der Waals surface area contributed by atoms with Crippen molar-refractivity contribution in [3.05, 3.63) is 52.5 Å². The quantitative estimate of drug-likeness (QED) is 0.405. The summed E-state index contributed by atoms with van der Waals surface area (Å²) < 4.78 is 54.7. The van der Waals surface area contributed by atoms with Gasteiger partial charge in [-0.3, -0.25) is 4.79 Å². The van der Waals surface area contributed by atoms with Crippen LogP contribution < -0.4 is 4.74 Å². The van der Waals surface area contributed by atoms with Crippen molar-refractivity contribution in [2.45, 2.75) is 57.0 Å². The van der Waals surface area contributed by atoms with Crippen LogP contribution in [0.4, 0.5) is 13.2 Å². The fourth-order valence-electron chi connectivity index (χ4n) is 4.57. The van der Waals surface area contributed by atoms with Crippen molar-refractivity contribution in [1.82, 2.24) is 0 Å². The maximum atomic E-state index is 14.5. The van der Waals surface area contributed by atoms with Gasteiger partial charge < -0.3 is 9.47 Å². The summed E-state index contributed by atoms with van der Waals surface area (Å²) in [6.07, 6.45) is -0.988. The van der Waals surface area contributed by atoms with E-state index in [1.807, 2.05) is 6.07 Å². The summed E-state index contributed by atoms with van der Waals surface area (Å²) in [4.78, 5) is 13.1. The highest BCUT2D eigenvalue weighted by Crippen LogP contribution is 2.54. The Balaban J connectivity index is 1.99. The Hall–Kier alpha value is -2.21. The van der Waals surface area contributed by atoms with Crippen molar-refractivity contribution in [2.24, 2.45) is 5.92 Å². The first kappa shape index (κ1) is 23.0. The number of ether oxygens (including phenoxy) is 2. The number of halogens is 4. The molecule has 0 amide bonds. The molecular formula is C25H26ClF3O3. The monoisotopic (exact) mass is 466 g/mol. The second-order valence-corrected chi connectivity index (χ2v) is 9.00. The van der Waals surface area contributed by atoms with Gasteiger partial charge >= 0.3 is 12.1 Å². The highest BCUT2D eigenvalue weighted by molar-refractivity contribution is 6.35. The van der Waals surface area contributed by atoms with Crippen LogP contribution in [0, 0.1) is 5.92 Å². The van der Waals surface area contributed by atoms with Gasteiger partial charge in [-0.25, -0.2) is 0 Å². The van der Waals surface area contributed by atoms with Crippen LogP contribution >= 0.6 is 11.6 Å². The van der Waals surface area contributed by atoms with Crippen LogP contribution in [0.15, 0.2) is 36.4 Å². The molecule has 0 unspecified atom stereocenters. The van der Waals surface area contributed by atoms with Crippen LogP contribution in [-0.2, 0) is 21.1 Å². The summed E-state index contributed by atoms with van der Waals surface area (Å²) >= 11 is 6.58. The van der Waals surface area contributed by atoms with E-state index in [4.69, 9.17) is 21.1 Å². The molecule has 2 saturated carbocycles. The van der Waals surface area contributed by atoms with E-state index < -0.39 is 23.1 Å². The first-order valence-corrected chi connectivity index (χ1v) is 11.5. The molecule has 0 aliphatic heterocycles. The Morgan fingerprint density at radius 3 is 2.38 bits per heavy atom. The zero-order valence-corrected chi connectivity index (χ0v) is 18.7. The third kappa shape index (κ3) is 4.34. The van der Waals surface area contributed by atoms with Crippen molar-refractivity contribution in [3.8, 4) is 16.9 Å². The molecule has 32 heavy (non-hydrogen) atoms. The van der Waals surface area contributed by atoms with Crippen molar-refractivity contribution >= 4 is 17.6 Å². The maximum Gasteiger partial charge on any atom is 0.420 e. The van der Waals surface area contributed by atoms with Gasteiger partial charge in [-0.15, -0.1) is 0 Å². The second kappa shape index (κ2) is 8.97. The average Bonchev–Trinajstić information content (AvgIpc) is 3.45. The molecule has 0 aromatic heterocycles. The van der Waals surface area contributed by atoms with Gasteiger partial charge in [-0.1, -0.05) is 54.8 Å². The summed E-state index contributed by atoms with van der Waals surface area (Å²) in [5.41, 5.74) is -1.31. The summed E-state index contributed by atoms with van der Waals surface area (Å²) in [6, 6.07) is 10.4. The van der Waals surface area contributed by atoms with Gasteiger partial charge in [0.25, 0.3) is 0 Å². The highest BCUT2D eigenvalue weighted by atomic mass is 35.5. The Morgan fingerprint density at radius 2 is 1.81 bits per heavy atom. The normalized spacial score (nSPS) is 17.9. The molecule has 0 radical (unpaired) electrons. The summed E-state index contributed by atoms with van der Waals surface area (Å²) in [5.74, 6) is -0.753. The van der Waals surface area contributed by atoms with E-state index in [0.29, 0.717) is 36.8 Å². The summed E-state index contributed by atoms with van der Waals surface area (Å²) in [5, 5.41) is -0.0788. The molecule has 2 fully saturated rings. The number of carbonyl (C=O) groups is 1. The molecule has 2 aromatic rings. The smallest absolute Gasteiger partial charge is 0.420 e. The molecule has 0 saturated heterocycles. The van der Waals surface area contributed by atoms with Gasteiger partial charge in [0.05, 0.1) is 23.7 Å². The Morgan fingerprint density at radius 1 is 1.16 bits per heavy atom. The van der Waals surface area contributed by atoms with Gasteiger partial charge in [-0.05, 0) is 55.7 Å². The van der Waals surface area contributed by atoms with Gasteiger partial charge in [-0.2, -0.15) is 13.2 Å². The number of hydrogen-bond acceptors (Lipinski definition) is 3. The molecule has 0 heterocycles. The van der Waals surface area contributed by atoms with Crippen LogP contribution in [0.5, 0.6) is 5.75 Å². The van der Waals surface area contributed by atoms with Crippen molar-refractivity contribution < 1.29 is 27.4 Å². The van der Waals surface area contributed by atoms with Gasteiger partial charge in [0.15, 0.2) is 5.75 Å². The summed E-state index contributed by atoms with van der Waals surface area (Å²) in [7, 11) is 0. The first-order chi connectivity index (χ1) is 15.3. The summed E-state index contributed by atoms with van der Waals surface area (Å²) in [6.45, 7) is 1.94.